The van der Waals surface area contributed by atoms with Crippen LogP contribution >= 0.6 is 11.3 Å². The van der Waals surface area contributed by atoms with Gasteiger partial charge in [-0.05, 0) is 38.3 Å². The van der Waals surface area contributed by atoms with E-state index in [1.165, 1.54) is 9.75 Å². The number of carbonyl (C=O) groups is 1. The van der Waals surface area contributed by atoms with E-state index in [4.69, 9.17) is 4.52 Å². The summed E-state index contributed by atoms with van der Waals surface area (Å²) in [6.45, 7) is 5.51. The molecule has 122 valence electrons. The van der Waals surface area contributed by atoms with Crippen molar-refractivity contribution in [3.63, 3.8) is 0 Å². The van der Waals surface area contributed by atoms with Crippen LogP contribution in [0.1, 0.15) is 52.6 Å². The largest absolute Gasteiger partial charge is 0.342 e. The second kappa shape index (κ2) is 5.74. The number of carbonyl (C=O) groups excluding carboxylic acids is 1. The van der Waals surface area contributed by atoms with E-state index in [2.05, 4.69) is 29.2 Å². The van der Waals surface area contributed by atoms with Gasteiger partial charge in [0.15, 0.2) is 5.82 Å². The Balaban J connectivity index is 1.41. The highest BCUT2D eigenvalue weighted by molar-refractivity contribution is 7.12. The van der Waals surface area contributed by atoms with Crippen molar-refractivity contribution in [1.82, 2.24) is 15.0 Å². The van der Waals surface area contributed by atoms with Crippen LogP contribution in [0.5, 0.6) is 0 Å². The zero-order valence-corrected chi connectivity index (χ0v) is 14.3. The highest BCUT2D eigenvalue weighted by Crippen LogP contribution is 2.50. The number of amides is 1. The fourth-order valence-corrected chi connectivity index (χ4v) is 4.59. The summed E-state index contributed by atoms with van der Waals surface area (Å²) in [5.41, 5.74) is 0. The molecule has 5 nitrogen and oxygen atoms in total. The first kappa shape index (κ1) is 14.9. The van der Waals surface area contributed by atoms with E-state index in [-0.39, 0.29) is 11.8 Å². The van der Waals surface area contributed by atoms with Crippen LogP contribution in [0, 0.1) is 19.8 Å². The van der Waals surface area contributed by atoms with Gasteiger partial charge >= 0.3 is 0 Å². The molecule has 0 aromatic carbocycles. The summed E-state index contributed by atoms with van der Waals surface area (Å²) in [5, 5.41) is 4.04. The third kappa shape index (κ3) is 2.92. The van der Waals surface area contributed by atoms with Gasteiger partial charge in [0.1, 0.15) is 0 Å². The smallest absolute Gasteiger partial charge is 0.226 e. The summed E-state index contributed by atoms with van der Waals surface area (Å²) in [6.07, 6.45) is 3.04. The van der Waals surface area contributed by atoms with Crippen LogP contribution in [0.3, 0.4) is 0 Å². The summed E-state index contributed by atoms with van der Waals surface area (Å²) in [7, 11) is 0. The molecule has 3 atom stereocenters. The van der Waals surface area contributed by atoms with Crippen molar-refractivity contribution in [2.75, 3.05) is 13.1 Å². The van der Waals surface area contributed by atoms with E-state index in [9.17, 15) is 4.79 Å². The second-order valence-electron chi connectivity index (χ2n) is 6.69. The minimum Gasteiger partial charge on any atom is -0.342 e. The van der Waals surface area contributed by atoms with Crippen LogP contribution in [-0.2, 0) is 4.79 Å². The Morgan fingerprint density at radius 3 is 2.96 bits per heavy atom. The standard InChI is InChI=1S/C17H21N3O2S/c1-10-5-6-15(23-10)13-8-14(13)17(21)20-7-3-4-12(9-20)16-18-11(2)22-19-16/h5-6,12-14H,3-4,7-9H2,1-2H3/t12-,13-,14-/m1/s1. The number of piperidine rings is 1. The lowest BCUT2D eigenvalue weighted by Gasteiger charge is -2.31. The summed E-state index contributed by atoms with van der Waals surface area (Å²) < 4.78 is 5.09. The number of rotatable bonds is 3. The van der Waals surface area contributed by atoms with E-state index in [0.717, 1.165) is 38.2 Å². The van der Waals surface area contributed by atoms with Gasteiger partial charge in [-0.3, -0.25) is 4.79 Å². The Labute approximate surface area is 139 Å². The second-order valence-corrected chi connectivity index (χ2v) is 8.01. The van der Waals surface area contributed by atoms with E-state index in [1.807, 2.05) is 16.2 Å². The molecule has 0 unspecified atom stereocenters. The number of hydrogen-bond donors (Lipinski definition) is 0. The van der Waals surface area contributed by atoms with Crippen LogP contribution in [0.15, 0.2) is 16.7 Å². The molecule has 23 heavy (non-hydrogen) atoms. The molecular weight excluding hydrogens is 310 g/mol. The van der Waals surface area contributed by atoms with Crippen molar-refractivity contribution < 1.29 is 9.32 Å². The average molecular weight is 331 g/mol. The highest BCUT2D eigenvalue weighted by atomic mass is 32.1. The van der Waals surface area contributed by atoms with Gasteiger partial charge in [0.25, 0.3) is 0 Å². The number of aromatic nitrogens is 2. The Morgan fingerprint density at radius 2 is 2.26 bits per heavy atom. The molecule has 2 aromatic rings. The molecule has 3 heterocycles. The monoisotopic (exact) mass is 331 g/mol. The van der Waals surface area contributed by atoms with Crippen molar-refractivity contribution in [2.24, 2.45) is 5.92 Å². The van der Waals surface area contributed by atoms with Gasteiger partial charge in [0.2, 0.25) is 11.8 Å². The molecule has 0 radical (unpaired) electrons. The molecule has 0 N–H and O–H groups in total. The topological polar surface area (TPSA) is 59.2 Å². The third-order valence-corrected chi connectivity index (χ3v) is 6.01. The van der Waals surface area contributed by atoms with Gasteiger partial charge in [-0.1, -0.05) is 5.16 Å². The first-order valence-electron chi connectivity index (χ1n) is 8.27. The van der Waals surface area contributed by atoms with Gasteiger partial charge in [0.05, 0.1) is 0 Å². The highest BCUT2D eigenvalue weighted by Gasteiger charge is 2.47. The quantitative estimate of drug-likeness (QED) is 0.866. The van der Waals surface area contributed by atoms with Crippen molar-refractivity contribution in [3.8, 4) is 0 Å². The maximum Gasteiger partial charge on any atom is 0.226 e. The predicted molar refractivity (Wildman–Crippen MR) is 87.5 cm³/mol. The molecule has 0 spiro atoms. The van der Waals surface area contributed by atoms with E-state index in [1.54, 1.807) is 6.92 Å². The lowest BCUT2D eigenvalue weighted by molar-refractivity contribution is -0.133. The maximum absolute atomic E-state index is 12.8. The predicted octanol–water partition coefficient (Wildman–Crippen LogP) is 3.26. The van der Waals surface area contributed by atoms with Crippen LogP contribution in [0.25, 0.3) is 0 Å². The Hall–Kier alpha value is -1.69. The van der Waals surface area contributed by atoms with E-state index < -0.39 is 0 Å². The Kier molecular flexibility index (Phi) is 3.71. The third-order valence-electron chi connectivity index (χ3n) is 4.88. The molecule has 2 aliphatic rings. The number of aryl methyl sites for hydroxylation is 2. The number of likely N-dealkylation sites (tertiary alicyclic amines) is 1. The number of nitrogens with zero attached hydrogens (tertiary/aromatic N) is 3. The normalized spacial score (nSPS) is 27.2. The van der Waals surface area contributed by atoms with Gasteiger partial charge in [-0.25, -0.2) is 0 Å². The molecule has 1 aliphatic carbocycles. The Bertz CT molecular complexity index is 723. The van der Waals surface area contributed by atoms with E-state index >= 15 is 0 Å². The summed E-state index contributed by atoms with van der Waals surface area (Å²) in [4.78, 5) is 21.8. The SMILES string of the molecule is Cc1nc([C@@H]2CCCN(C(=O)[C@@H]3C[C@H]3c3ccc(C)s3)C2)no1. The zero-order chi connectivity index (χ0) is 16.0. The molecule has 6 heteroatoms. The minimum atomic E-state index is 0.179. The molecule has 1 saturated carbocycles. The van der Waals surface area contributed by atoms with Crippen molar-refractivity contribution in [3.05, 3.63) is 33.6 Å². The molecule has 0 bridgehead atoms. The first-order chi connectivity index (χ1) is 11.1. The molecule has 1 amide bonds. The van der Waals surface area contributed by atoms with Gasteiger partial charge in [-0.15, -0.1) is 11.3 Å². The van der Waals surface area contributed by atoms with Crippen molar-refractivity contribution in [1.29, 1.82) is 0 Å². The summed E-state index contributed by atoms with van der Waals surface area (Å²) >= 11 is 1.82. The van der Waals surface area contributed by atoms with Gasteiger partial charge in [0, 0.05) is 47.5 Å². The molecule has 1 saturated heterocycles. The fourth-order valence-electron chi connectivity index (χ4n) is 3.54. The van der Waals surface area contributed by atoms with Crippen LogP contribution in [-0.4, -0.2) is 34.0 Å². The summed E-state index contributed by atoms with van der Waals surface area (Å²) in [6, 6.07) is 4.33. The van der Waals surface area contributed by atoms with Crippen molar-refractivity contribution in [2.45, 2.75) is 44.9 Å². The van der Waals surface area contributed by atoms with Crippen LogP contribution in [0.4, 0.5) is 0 Å². The fraction of sp³-hybridized carbons (Fsp3) is 0.588. The van der Waals surface area contributed by atoms with E-state index in [0.29, 0.717) is 17.7 Å². The number of hydrogen-bond acceptors (Lipinski definition) is 5. The molecule has 1 aliphatic heterocycles. The molecule has 2 fully saturated rings. The molecule has 2 aromatic heterocycles. The molecule has 4 rings (SSSR count). The van der Waals surface area contributed by atoms with Gasteiger partial charge in [-0.2, -0.15) is 4.98 Å². The lowest BCUT2D eigenvalue weighted by atomic mass is 9.97. The minimum absolute atomic E-state index is 0.179. The number of thiophene rings is 1. The average Bonchev–Trinajstić information content (AvgIpc) is 3.04. The first-order valence-corrected chi connectivity index (χ1v) is 9.09. The van der Waals surface area contributed by atoms with Crippen LogP contribution in [0.2, 0.25) is 0 Å². The molecular formula is C17H21N3O2S. The van der Waals surface area contributed by atoms with Crippen molar-refractivity contribution >= 4 is 17.2 Å². The maximum atomic E-state index is 12.8. The Morgan fingerprint density at radius 1 is 1.39 bits per heavy atom. The van der Waals surface area contributed by atoms with Gasteiger partial charge < -0.3 is 9.42 Å². The van der Waals surface area contributed by atoms with Crippen LogP contribution < -0.4 is 0 Å². The zero-order valence-electron chi connectivity index (χ0n) is 13.5. The lowest BCUT2D eigenvalue weighted by Crippen LogP contribution is -2.40. The summed E-state index contributed by atoms with van der Waals surface area (Å²) in [5.74, 6) is 2.49.